The molecule has 0 unspecified atom stereocenters. The highest BCUT2D eigenvalue weighted by Crippen LogP contribution is 2.13. The fourth-order valence-corrected chi connectivity index (χ4v) is 5.01. The van der Waals surface area contributed by atoms with Crippen molar-refractivity contribution in [1.82, 2.24) is 25.5 Å². The van der Waals surface area contributed by atoms with E-state index in [4.69, 9.17) is 0 Å². The van der Waals surface area contributed by atoms with Gasteiger partial charge in [0, 0.05) is 55.7 Å². The Bertz CT molecular complexity index is 1200. The number of thiazole rings is 1. The highest BCUT2D eigenvalue weighted by molar-refractivity contribution is 7.09. The van der Waals surface area contributed by atoms with Gasteiger partial charge in [-0.1, -0.05) is 19.9 Å². The number of rotatable bonds is 16. The summed E-state index contributed by atoms with van der Waals surface area (Å²) in [6, 6.07) is 4.12. The van der Waals surface area contributed by atoms with Gasteiger partial charge in [-0.15, -0.1) is 11.3 Å². The van der Waals surface area contributed by atoms with Crippen LogP contribution in [-0.4, -0.2) is 63.6 Å². The number of nitrogens with zero attached hydrogens (tertiary/aromatic N) is 3. The van der Waals surface area contributed by atoms with Crippen molar-refractivity contribution in [3.63, 3.8) is 0 Å². The van der Waals surface area contributed by atoms with E-state index >= 15 is 0 Å². The lowest BCUT2D eigenvalue weighted by molar-refractivity contribution is -0.130. The van der Waals surface area contributed by atoms with Crippen LogP contribution in [0, 0.1) is 11.6 Å². The van der Waals surface area contributed by atoms with Crippen LogP contribution < -0.4 is 10.6 Å². The number of halogens is 2. The third-order valence-electron chi connectivity index (χ3n) is 6.24. The lowest BCUT2D eigenvalue weighted by Crippen LogP contribution is -2.49. The largest absolute Gasteiger partial charge is 0.390 e. The molecular weight excluding hydrogens is 536 g/mol. The Morgan fingerprint density at radius 2 is 1.62 bits per heavy atom. The van der Waals surface area contributed by atoms with Crippen molar-refractivity contribution in [2.24, 2.45) is 0 Å². The predicted molar refractivity (Wildman–Crippen MR) is 151 cm³/mol. The molecule has 0 bridgehead atoms. The number of aliphatic hydroxyl groups is 1. The first-order valence-corrected chi connectivity index (χ1v) is 14.4. The molecule has 1 aromatic carbocycles. The molecule has 40 heavy (non-hydrogen) atoms. The van der Waals surface area contributed by atoms with Crippen LogP contribution in [0.3, 0.4) is 0 Å². The highest BCUT2D eigenvalue weighted by Gasteiger charge is 2.23. The van der Waals surface area contributed by atoms with Crippen LogP contribution in [0.2, 0.25) is 0 Å². The zero-order valence-corrected chi connectivity index (χ0v) is 23.7. The Kier molecular flexibility index (Phi) is 12.6. The second kappa shape index (κ2) is 16.1. The van der Waals surface area contributed by atoms with Gasteiger partial charge < -0.3 is 20.6 Å². The van der Waals surface area contributed by atoms with Crippen molar-refractivity contribution in [2.75, 3.05) is 19.6 Å². The molecule has 0 saturated heterocycles. The number of benzene rings is 1. The minimum Gasteiger partial charge on any atom is -0.390 e. The van der Waals surface area contributed by atoms with Gasteiger partial charge in [-0.3, -0.25) is 19.6 Å². The van der Waals surface area contributed by atoms with Gasteiger partial charge in [-0.05, 0) is 48.1 Å². The summed E-state index contributed by atoms with van der Waals surface area (Å²) in [6.45, 7) is 6.08. The first kappa shape index (κ1) is 31.3. The van der Waals surface area contributed by atoms with Gasteiger partial charge in [-0.25, -0.2) is 8.78 Å². The van der Waals surface area contributed by atoms with Crippen molar-refractivity contribution >= 4 is 23.2 Å². The van der Waals surface area contributed by atoms with E-state index in [2.05, 4.69) is 20.6 Å². The minimum atomic E-state index is -1.03. The molecule has 3 N–H and O–H groups in total. The fraction of sp³-hybridized carbons (Fsp3) is 0.448. The third-order valence-corrected chi connectivity index (χ3v) is 7.02. The Hall–Kier alpha value is -3.28. The molecule has 2 amide bonds. The molecule has 11 heteroatoms. The molecule has 0 saturated carbocycles. The predicted octanol–water partition coefficient (Wildman–Crippen LogP) is 3.43. The Balaban J connectivity index is 1.65. The molecule has 0 aliphatic heterocycles. The maximum atomic E-state index is 13.8. The van der Waals surface area contributed by atoms with Crippen molar-refractivity contribution in [3.05, 3.63) is 81.6 Å². The van der Waals surface area contributed by atoms with Crippen LogP contribution in [0.5, 0.6) is 0 Å². The summed E-state index contributed by atoms with van der Waals surface area (Å²) in [5.41, 5.74) is 3.36. The minimum absolute atomic E-state index is 0.0171. The first-order chi connectivity index (χ1) is 19.3. The lowest BCUT2D eigenvalue weighted by atomic mass is 10.00. The number of hydrogen-bond donors (Lipinski definition) is 3. The number of pyridine rings is 1. The van der Waals surface area contributed by atoms with Gasteiger partial charge in [0.1, 0.15) is 11.6 Å². The Morgan fingerprint density at radius 1 is 0.950 bits per heavy atom. The molecule has 2 heterocycles. The summed E-state index contributed by atoms with van der Waals surface area (Å²) in [6.07, 6.45) is 5.82. The third kappa shape index (κ3) is 10.4. The average Bonchev–Trinajstić information content (AvgIpc) is 3.41. The van der Waals surface area contributed by atoms with Gasteiger partial charge in [0.15, 0.2) is 0 Å². The number of aliphatic hydroxyl groups excluding tert-OH is 1. The van der Waals surface area contributed by atoms with E-state index in [1.54, 1.807) is 30.2 Å². The number of carbonyl (C=O) groups is 2. The van der Waals surface area contributed by atoms with Crippen LogP contribution in [0.25, 0.3) is 0 Å². The van der Waals surface area contributed by atoms with Crippen molar-refractivity contribution < 1.29 is 23.5 Å². The average molecular weight is 574 g/mol. The molecule has 2 aromatic heterocycles. The molecule has 0 spiro atoms. The number of aromatic nitrogens is 2. The molecule has 2 atom stereocenters. The topological polar surface area (TPSA) is 107 Å². The van der Waals surface area contributed by atoms with E-state index in [9.17, 15) is 23.5 Å². The molecule has 8 nitrogen and oxygen atoms in total. The van der Waals surface area contributed by atoms with Gasteiger partial charge in [0.05, 0.1) is 30.5 Å². The fourth-order valence-electron chi connectivity index (χ4n) is 4.45. The summed E-state index contributed by atoms with van der Waals surface area (Å²) in [5, 5.41) is 16.9. The second-order valence-electron chi connectivity index (χ2n) is 9.76. The van der Waals surface area contributed by atoms with Crippen LogP contribution in [0.15, 0.2) is 48.4 Å². The smallest absolute Gasteiger partial charge is 0.227 e. The van der Waals surface area contributed by atoms with Crippen LogP contribution in [0.1, 0.15) is 48.3 Å². The summed E-state index contributed by atoms with van der Waals surface area (Å²) in [4.78, 5) is 36.8. The molecule has 0 aliphatic carbocycles. The number of nitrogens with one attached hydrogen (secondary N) is 2. The zero-order valence-electron chi connectivity index (χ0n) is 22.9. The number of hydrogen-bond acceptors (Lipinski definition) is 7. The van der Waals surface area contributed by atoms with E-state index in [1.807, 2.05) is 18.7 Å². The number of carbonyl (C=O) groups excluding carboxylic acids is 2. The molecule has 3 aromatic rings. The normalized spacial score (nSPS) is 12.6. The molecule has 3 rings (SSSR count). The van der Waals surface area contributed by atoms with E-state index in [1.165, 1.54) is 23.5 Å². The standard InChI is InChI=1S/C29H37F2N5O3S/c1-3-5-36(6-4-2)29(39)12-22-7-21(14-32-15-22)11-28(38)35-26(10-20-8-23(30)13-24(31)9-20)27(37)18-33-16-25-17-34-19-40-25/h7-9,13-15,17,19,26-27,33,37H,3-6,10-12,16,18H2,1-2H3,(H,35,38)/t26-,27+/m0/s1. The molecule has 0 radical (unpaired) electrons. The van der Waals surface area contributed by atoms with Gasteiger partial charge in [-0.2, -0.15) is 0 Å². The Labute approximate surface area is 237 Å². The highest BCUT2D eigenvalue weighted by atomic mass is 32.1. The second-order valence-corrected chi connectivity index (χ2v) is 10.7. The molecule has 0 aliphatic rings. The van der Waals surface area contributed by atoms with Crippen LogP contribution >= 0.6 is 11.3 Å². The quantitative estimate of drug-likeness (QED) is 0.243. The maximum Gasteiger partial charge on any atom is 0.227 e. The van der Waals surface area contributed by atoms with E-state index < -0.39 is 23.8 Å². The molecule has 0 fully saturated rings. The summed E-state index contributed by atoms with van der Waals surface area (Å²) in [5.74, 6) is -1.82. The van der Waals surface area contributed by atoms with Crippen molar-refractivity contribution in [1.29, 1.82) is 0 Å². The van der Waals surface area contributed by atoms with Crippen molar-refractivity contribution in [3.8, 4) is 0 Å². The number of amides is 2. The summed E-state index contributed by atoms with van der Waals surface area (Å²) >= 11 is 1.47. The summed E-state index contributed by atoms with van der Waals surface area (Å²) in [7, 11) is 0. The Morgan fingerprint density at radius 3 is 2.25 bits per heavy atom. The first-order valence-electron chi connectivity index (χ1n) is 13.5. The molecular formula is C29H37F2N5O3S. The van der Waals surface area contributed by atoms with Crippen LogP contribution in [-0.2, 0) is 35.4 Å². The van der Waals surface area contributed by atoms with E-state index in [-0.39, 0.29) is 37.6 Å². The van der Waals surface area contributed by atoms with E-state index in [0.29, 0.717) is 36.3 Å². The SMILES string of the molecule is CCCN(CCC)C(=O)Cc1cncc(CC(=O)N[C@@H](Cc2cc(F)cc(F)c2)[C@H](O)CNCc2cncs2)c1. The van der Waals surface area contributed by atoms with Gasteiger partial charge in [0.25, 0.3) is 0 Å². The van der Waals surface area contributed by atoms with Crippen LogP contribution in [0.4, 0.5) is 8.78 Å². The maximum absolute atomic E-state index is 13.8. The summed E-state index contributed by atoms with van der Waals surface area (Å²) < 4.78 is 27.6. The zero-order chi connectivity index (χ0) is 28.9. The van der Waals surface area contributed by atoms with Gasteiger partial charge in [0.2, 0.25) is 11.8 Å². The van der Waals surface area contributed by atoms with Crippen molar-refractivity contribution in [2.45, 2.75) is 64.6 Å². The van der Waals surface area contributed by atoms with E-state index in [0.717, 1.165) is 23.8 Å². The lowest BCUT2D eigenvalue weighted by Gasteiger charge is -2.25. The molecule has 216 valence electrons. The van der Waals surface area contributed by atoms with Gasteiger partial charge >= 0.3 is 0 Å². The monoisotopic (exact) mass is 573 g/mol.